The highest BCUT2D eigenvalue weighted by Gasteiger charge is 2.32. The summed E-state index contributed by atoms with van der Waals surface area (Å²) >= 11 is 0. The van der Waals surface area contributed by atoms with Gasteiger partial charge in [-0.3, -0.25) is 4.79 Å². The summed E-state index contributed by atoms with van der Waals surface area (Å²) in [7, 11) is 0. The number of carbonyl (C=O) groups excluding carboxylic acids is 1. The highest BCUT2D eigenvalue weighted by atomic mass is 35.5. The molecule has 76 valence electrons. The molecule has 1 saturated carbocycles. The minimum Gasteiger partial charge on any atom is -0.341 e. The third kappa shape index (κ3) is 2.15. The molecular formula is C9H17ClN2O. The second kappa shape index (κ2) is 4.29. The van der Waals surface area contributed by atoms with Gasteiger partial charge in [-0.05, 0) is 19.3 Å². The zero-order chi connectivity index (χ0) is 8.55. The molecule has 13 heavy (non-hydrogen) atoms. The van der Waals surface area contributed by atoms with Crippen molar-refractivity contribution in [2.75, 3.05) is 13.1 Å². The highest BCUT2D eigenvalue weighted by Crippen LogP contribution is 2.29. The Hall–Kier alpha value is -0.280. The molecule has 1 unspecified atom stereocenters. The maximum absolute atomic E-state index is 11.6. The Kier molecular flexibility index (Phi) is 3.56. The van der Waals surface area contributed by atoms with Crippen LogP contribution in [0.4, 0.5) is 0 Å². The first-order valence-corrected chi connectivity index (χ1v) is 4.82. The lowest BCUT2D eigenvalue weighted by atomic mass is 9.84. The number of halogens is 1. The molecule has 3 nitrogen and oxygen atoms in total. The predicted octanol–water partition coefficient (Wildman–Crippen LogP) is 0.768. The number of carbonyl (C=O) groups is 1. The minimum absolute atomic E-state index is 0. The highest BCUT2D eigenvalue weighted by molar-refractivity contribution is 5.85. The second-order valence-electron chi connectivity index (χ2n) is 3.96. The van der Waals surface area contributed by atoms with Crippen LogP contribution < -0.4 is 5.73 Å². The molecule has 0 radical (unpaired) electrons. The molecule has 2 fully saturated rings. The average Bonchev–Trinajstić information content (AvgIpc) is 2.31. The lowest BCUT2D eigenvalue weighted by Gasteiger charge is -2.28. The van der Waals surface area contributed by atoms with E-state index in [0.29, 0.717) is 11.8 Å². The van der Waals surface area contributed by atoms with Gasteiger partial charge in [-0.25, -0.2) is 0 Å². The fourth-order valence-electron chi connectivity index (χ4n) is 1.90. The van der Waals surface area contributed by atoms with Crippen molar-refractivity contribution in [3.05, 3.63) is 0 Å². The summed E-state index contributed by atoms with van der Waals surface area (Å²) in [5.41, 5.74) is 5.73. The molecule has 2 aliphatic rings. The number of amides is 1. The van der Waals surface area contributed by atoms with E-state index in [1.54, 1.807) is 0 Å². The molecule has 1 aliphatic heterocycles. The van der Waals surface area contributed by atoms with Crippen molar-refractivity contribution in [1.82, 2.24) is 4.90 Å². The minimum atomic E-state index is 0. The van der Waals surface area contributed by atoms with Gasteiger partial charge in [0.1, 0.15) is 0 Å². The normalized spacial score (nSPS) is 28.1. The third-order valence-corrected chi connectivity index (χ3v) is 2.99. The molecule has 1 heterocycles. The summed E-state index contributed by atoms with van der Waals surface area (Å²) in [6.45, 7) is 1.67. The molecular weight excluding hydrogens is 188 g/mol. The maximum atomic E-state index is 11.6. The van der Waals surface area contributed by atoms with Crippen LogP contribution in [-0.2, 0) is 4.79 Å². The molecule has 0 aromatic carbocycles. The zero-order valence-electron chi connectivity index (χ0n) is 7.74. The Morgan fingerprint density at radius 2 is 2.00 bits per heavy atom. The van der Waals surface area contributed by atoms with E-state index in [1.807, 2.05) is 4.90 Å². The number of hydrogen-bond acceptors (Lipinski definition) is 2. The van der Waals surface area contributed by atoms with Crippen molar-refractivity contribution < 1.29 is 4.79 Å². The first-order valence-electron chi connectivity index (χ1n) is 4.82. The quantitative estimate of drug-likeness (QED) is 0.686. The Balaban J connectivity index is 0.000000845. The van der Waals surface area contributed by atoms with Gasteiger partial charge in [0.2, 0.25) is 5.91 Å². The van der Waals surface area contributed by atoms with Crippen molar-refractivity contribution in [3.63, 3.8) is 0 Å². The molecule has 2 rings (SSSR count). The van der Waals surface area contributed by atoms with E-state index >= 15 is 0 Å². The summed E-state index contributed by atoms with van der Waals surface area (Å²) in [6.07, 6.45) is 4.42. The largest absolute Gasteiger partial charge is 0.341 e. The van der Waals surface area contributed by atoms with Gasteiger partial charge in [-0.2, -0.15) is 0 Å². The third-order valence-electron chi connectivity index (χ3n) is 2.99. The average molecular weight is 205 g/mol. The van der Waals surface area contributed by atoms with Crippen LogP contribution in [0.15, 0.2) is 0 Å². The van der Waals surface area contributed by atoms with Gasteiger partial charge >= 0.3 is 0 Å². The van der Waals surface area contributed by atoms with Gasteiger partial charge in [0.25, 0.3) is 0 Å². The van der Waals surface area contributed by atoms with E-state index in [4.69, 9.17) is 5.73 Å². The van der Waals surface area contributed by atoms with Crippen molar-refractivity contribution in [3.8, 4) is 0 Å². The summed E-state index contributed by atoms with van der Waals surface area (Å²) < 4.78 is 0. The molecule has 0 bridgehead atoms. The Morgan fingerprint density at radius 3 is 2.38 bits per heavy atom. The topological polar surface area (TPSA) is 46.3 Å². The van der Waals surface area contributed by atoms with Crippen LogP contribution in [0.1, 0.15) is 25.7 Å². The van der Waals surface area contributed by atoms with Crippen LogP contribution in [0.5, 0.6) is 0 Å². The lowest BCUT2D eigenvalue weighted by Crippen LogP contribution is -2.38. The summed E-state index contributed by atoms with van der Waals surface area (Å²) in [5.74, 6) is 0.699. The second-order valence-corrected chi connectivity index (χ2v) is 3.96. The van der Waals surface area contributed by atoms with Crippen molar-refractivity contribution in [2.24, 2.45) is 11.7 Å². The number of hydrogen-bond donors (Lipinski definition) is 1. The van der Waals surface area contributed by atoms with E-state index in [2.05, 4.69) is 0 Å². The first kappa shape index (κ1) is 10.8. The summed E-state index contributed by atoms with van der Waals surface area (Å²) in [4.78, 5) is 13.6. The van der Waals surface area contributed by atoms with E-state index in [0.717, 1.165) is 32.4 Å². The molecule has 1 aliphatic carbocycles. The smallest absolute Gasteiger partial charge is 0.225 e. The molecule has 0 aromatic heterocycles. The number of nitrogens with two attached hydrogens (primary N) is 1. The van der Waals surface area contributed by atoms with Gasteiger partial charge in [-0.1, -0.05) is 6.42 Å². The fourth-order valence-corrected chi connectivity index (χ4v) is 1.90. The van der Waals surface area contributed by atoms with Crippen LogP contribution >= 0.6 is 12.4 Å². The van der Waals surface area contributed by atoms with Gasteiger partial charge in [0.15, 0.2) is 0 Å². The molecule has 0 aromatic rings. The van der Waals surface area contributed by atoms with Gasteiger partial charge in [0, 0.05) is 25.0 Å². The van der Waals surface area contributed by atoms with Gasteiger partial charge in [0.05, 0.1) is 0 Å². The van der Waals surface area contributed by atoms with Gasteiger partial charge < -0.3 is 10.6 Å². The Morgan fingerprint density at radius 1 is 1.31 bits per heavy atom. The molecule has 4 heteroatoms. The molecule has 1 atom stereocenters. The van der Waals surface area contributed by atoms with E-state index in [-0.39, 0.29) is 18.4 Å². The number of rotatable bonds is 1. The van der Waals surface area contributed by atoms with Crippen molar-refractivity contribution >= 4 is 18.3 Å². The molecule has 1 saturated heterocycles. The monoisotopic (exact) mass is 204 g/mol. The Bertz CT molecular complexity index is 194. The first-order chi connectivity index (χ1) is 5.77. The van der Waals surface area contributed by atoms with Crippen molar-refractivity contribution in [2.45, 2.75) is 31.7 Å². The predicted molar refractivity (Wildman–Crippen MR) is 53.8 cm³/mol. The SMILES string of the molecule is Cl.NC1CCN(C(=O)C2CCC2)C1. The molecule has 2 N–H and O–H groups in total. The maximum Gasteiger partial charge on any atom is 0.225 e. The molecule has 1 amide bonds. The van der Waals surface area contributed by atoms with Crippen LogP contribution in [-0.4, -0.2) is 29.9 Å². The fraction of sp³-hybridized carbons (Fsp3) is 0.889. The van der Waals surface area contributed by atoms with Gasteiger partial charge in [-0.15, -0.1) is 12.4 Å². The molecule has 0 spiro atoms. The number of nitrogens with zero attached hydrogens (tertiary/aromatic N) is 1. The summed E-state index contributed by atoms with van der Waals surface area (Å²) in [5, 5.41) is 0. The van der Waals surface area contributed by atoms with E-state index in [1.165, 1.54) is 6.42 Å². The summed E-state index contributed by atoms with van der Waals surface area (Å²) in [6, 6.07) is 0.231. The van der Waals surface area contributed by atoms with Crippen LogP contribution in [0, 0.1) is 5.92 Å². The van der Waals surface area contributed by atoms with Crippen molar-refractivity contribution in [1.29, 1.82) is 0 Å². The van der Waals surface area contributed by atoms with Crippen LogP contribution in [0.25, 0.3) is 0 Å². The van der Waals surface area contributed by atoms with E-state index < -0.39 is 0 Å². The van der Waals surface area contributed by atoms with Crippen LogP contribution in [0.2, 0.25) is 0 Å². The Labute approximate surface area is 85.1 Å². The van der Waals surface area contributed by atoms with Crippen LogP contribution in [0.3, 0.4) is 0 Å². The number of likely N-dealkylation sites (tertiary alicyclic amines) is 1. The zero-order valence-corrected chi connectivity index (χ0v) is 8.55. The van der Waals surface area contributed by atoms with E-state index in [9.17, 15) is 4.79 Å². The standard InChI is InChI=1S/C9H16N2O.ClH/c10-8-4-5-11(6-8)9(12)7-2-1-3-7;/h7-8H,1-6,10H2;1H. The lowest BCUT2D eigenvalue weighted by molar-refractivity contribution is -0.137.